The highest BCUT2D eigenvalue weighted by atomic mass is 35.5. The Morgan fingerprint density at radius 1 is 1.31 bits per heavy atom. The van der Waals surface area contributed by atoms with Crippen LogP contribution in [0.25, 0.3) is 0 Å². The fourth-order valence-corrected chi connectivity index (χ4v) is 8.44. The van der Waals surface area contributed by atoms with Crippen molar-refractivity contribution >= 4 is 40.7 Å². The average molecular weight is 487 g/mol. The van der Waals surface area contributed by atoms with E-state index in [9.17, 15) is 23.9 Å². The number of ether oxygens (including phenoxy) is 1. The molecule has 0 amide bonds. The number of esters is 1. The van der Waals surface area contributed by atoms with Gasteiger partial charge in [0.15, 0.2) is 12.4 Å². The SMILES string of the molecule is CC(=O)OCC(=O)[C@@]1(O)CC[C@H]2[C@@H]3CC(CF)C4=CC(=O)C=C[C@]4(C)[C@@]3(Cl)C(Cl)C[C@@]21C. The highest BCUT2D eigenvalue weighted by Crippen LogP contribution is 2.72. The van der Waals surface area contributed by atoms with Gasteiger partial charge in [-0.25, -0.2) is 0 Å². The van der Waals surface area contributed by atoms with Crippen LogP contribution in [0.2, 0.25) is 0 Å². The topological polar surface area (TPSA) is 80.7 Å². The van der Waals surface area contributed by atoms with Crippen LogP contribution in [-0.4, -0.2) is 51.8 Å². The van der Waals surface area contributed by atoms with E-state index in [1.807, 2.05) is 13.8 Å². The van der Waals surface area contributed by atoms with E-state index >= 15 is 0 Å². The molecule has 3 fully saturated rings. The summed E-state index contributed by atoms with van der Waals surface area (Å²) in [5.41, 5.74) is -2.75. The van der Waals surface area contributed by atoms with Crippen molar-refractivity contribution in [3.05, 3.63) is 23.8 Å². The van der Waals surface area contributed by atoms with Crippen molar-refractivity contribution in [3.8, 4) is 0 Å². The highest BCUT2D eigenvalue weighted by Gasteiger charge is 2.73. The lowest BCUT2D eigenvalue weighted by Crippen LogP contribution is -2.68. The van der Waals surface area contributed by atoms with Gasteiger partial charge in [0, 0.05) is 23.7 Å². The number of halogens is 3. The smallest absolute Gasteiger partial charge is 0.303 e. The quantitative estimate of drug-likeness (QED) is 0.480. The first-order valence-corrected chi connectivity index (χ1v) is 11.9. The molecule has 8 atom stereocenters. The van der Waals surface area contributed by atoms with E-state index in [1.54, 1.807) is 6.08 Å². The van der Waals surface area contributed by atoms with E-state index in [2.05, 4.69) is 0 Å². The normalized spacial score (nSPS) is 47.2. The lowest BCUT2D eigenvalue weighted by atomic mass is 9.45. The number of aliphatic hydroxyl groups is 1. The Labute approximate surface area is 197 Å². The summed E-state index contributed by atoms with van der Waals surface area (Å²) in [6.07, 6.45) is 6.11. The number of hydrogen-bond acceptors (Lipinski definition) is 5. The number of alkyl halides is 3. The van der Waals surface area contributed by atoms with Crippen LogP contribution in [0.4, 0.5) is 4.39 Å². The summed E-state index contributed by atoms with van der Waals surface area (Å²) in [6.45, 7) is 3.84. The monoisotopic (exact) mass is 486 g/mol. The highest BCUT2D eigenvalue weighted by molar-refractivity contribution is 6.34. The molecule has 2 unspecified atom stereocenters. The first-order chi connectivity index (χ1) is 14.8. The van der Waals surface area contributed by atoms with Crippen molar-refractivity contribution in [2.75, 3.05) is 13.3 Å². The Kier molecular flexibility index (Phi) is 5.71. The number of rotatable bonds is 4. The van der Waals surface area contributed by atoms with Crippen LogP contribution in [0.3, 0.4) is 0 Å². The molecule has 4 aliphatic rings. The van der Waals surface area contributed by atoms with Gasteiger partial charge in [0.1, 0.15) is 5.60 Å². The predicted octanol–water partition coefficient (Wildman–Crippen LogP) is 3.93. The first-order valence-electron chi connectivity index (χ1n) is 11.1. The minimum Gasteiger partial charge on any atom is -0.458 e. The third-order valence-electron chi connectivity index (χ3n) is 8.97. The number of fused-ring (bicyclic) bond motifs is 5. The van der Waals surface area contributed by atoms with Crippen LogP contribution in [-0.2, 0) is 19.1 Å². The number of hydrogen-bond donors (Lipinski definition) is 1. The second-order valence-electron chi connectivity index (χ2n) is 10.3. The third-order valence-corrected chi connectivity index (χ3v) is 10.5. The van der Waals surface area contributed by atoms with Gasteiger partial charge in [-0.3, -0.25) is 18.8 Å². The number of carbonyl (C=O) groups is 3. The standard InChI is InChI=1S/C24H29Cl2FO5/c1-13(28)32-12-20(30)23(31)7-5-16-18-8-14(11-27)17-9-15(29)4-6-21(17,2)24(18,26)19(25)10-22(16,23)3/h4,6,9,14,16,18-19,31H,5,7-8,10-12H2,1-3H3/t14?,16-,18-,19?,21-,22-,23-,24-/m0/s1. The average Bonchev–Trinajstić information content (AvgIpc) is 2.99. The lowest BCUT2D eigenvalue weighted by molar-refractivity contribution is -0.167. The summed E-state index contributed by atoms with van der Waals surface area (Å²) in [4.78, 5) is 35.3. The van der Waals surface area contributed by atoms with Crippen molar-refractivity contribution in [3.63, 3.8) is 0 Å². The molecule has 5 nitrogen and oxygen atoms in total. The summed E-state index contributed by atoms with van der Waals surface area (Å²) < 4.78 is 19.1. The zero-order valence-electron chi connectivity index (χ0n) is 18.5. The Hall–Kier alpha value is -1.24. The molecule has 4 rings (SSSR count). The van der Waals surface area contributed by atoms with Crippen LogP contribution in [0.5, 0.6) is 0 Å². The third kappa shape index (κ3) is 2.94. The zero-order valence-corrected chi connectivity index (χ0v) is 20.0. The van der Waals surface area contributed by atoms with Gasteiger partial charge in [-0.15, -0.1) is 23.2 Å². The summed E-state index contributed by atoms with van der Waals surface area (Å²) in [6, 6.07) is 0. The summed E-state index contributed by atoms with van der Waals surface area (Å²) >= 11 is 14.4. The molecule has 32 heavy (non-hydrogen) atoms. The summed E-state index contributed by atoms with van der Waals surface area (Å²) in [7, 11) is 0. The van der Waals surface area contributed by atoms with E-state index in [0.29, 0.717) is 18.4 Å². The molecule has 8 heteroatoms. The number of Topliss-reactive ketones (excluding diaryl/α,β-unsaturated/α-hetero) is 1. The minimum atomic E-state index is -1.71. The van der Waals surface area contributed by atoms with Gasteiger partial charge in [0.2, 0.25) is 5.78 Å². The second-order valence-corrected chi connectivity index (χ2v) is 11.4. The second kappa shape index (κ2) is 7.64. The fourth-order valence-electron chi connectivity index (χ4n) is 7.24. The first kappa shape index (κ1) is 23.9. The largest absolute Gasteiger partial charge is 0.458 e. The maximum absolute atomic E-state index is 14.2. The van der Waals surface area contributed by atoms with Crippen molar-refractivity contribution in [2.24, 2.45) is 28.6 Å². The molecular weight excluding hydrogens is 458 g/mol. The lowest BCUT2D eigenvalue weighted by Gasteiger charge is -2.65. The van der Waals surface area contributed by atoms with Crippen molar-refractivity contribution in [1.29, 1.82) is 0 Å². The summed E-state index contributed by atoms with van der Waals surface area (Å²) in [5, 5.41) is 10.9. The van der Waals surface area contributed by atoms with Crippen LogP contribution >= 0.6 is 23.2 Å². The number of ketones is 2. The fraction of sp³-hybridized carbons (Fsp3) is 0.708. The Morgan fingerprint density at radius 3 is 2.62 bits per heavy atom. The van der Waals surface area contributed by atoms with Crippen LogP contribution in [0.15, 0.2) is 23.8 Å². The molecule has 0 aromatic carbocycles. The van der Waals surface area contributed by atoms with Crippen molar-refractivity contribution < 1.29 is 28.6 Å². The number of allylic oxidation sites excluding steroid dienone is 4. The van der Waals surface area contributed by atoms with E-state index < -0.39 is 57.6 Å². The van der Waals surface area contributed by atoms with Gasteiger partial charge >= 0.3 is 5.97 Å². The molecule has 0 aromatic rings. The molecule has 1 N–H and O–H groups in total. The van der Waals surface area contributed by atoms with Crippen molar-refractivity contribution in [1.82, 2.24) is 0 Å². The van der Waals surface area contributed by atoms with Gasteiger partial charge in [-0.2, -0.15) is 0 Å². The molecule has 0 aromatic heterocycles. The number of carbonyl (C=O) groups excluding carboxylic acids is 3. The molecule has 3 saturated carbocycles. The maximum Gasteiger partial charge on any atom is 0.303 e. The van der Waals surface area contributed by atoms with E-state index in [4.69, 9.17) is 27.9 Å². The van der Waals surface area contributed by atoms with Gasteiger partial charge in [0.05, 0.1) is 16.9 Å². The van der Waals surface area contributed by atoms with Gasteiger partial charge < -0.3 is 9.84 Å². The van der Waals surface area contributed by atoms with E-state index in [0.717, 1.165) is 0 Å². The molecule has 0 saturated heterocycles. The van der Waals surface area contributed by atoms with Crippen molar-refractivity contribution in [2.45, 2.75) is 62.3 Å². The molecule has 0 aliphatic heterocycles. The van der Waals surface area contributed by atoms with E-state index in [1.165, 1.54) is 19.1 Å². The zero-order chi connectivity index (χ0) is 23.7. The van der Waals surface area contributed by atoms with Crippen LogP contribution in [0.1, 0.15) is 46.5 Å². The molecule has 0 radical (unpaired) electrons. The molecule has 4 aliphatic carbocycles. The maximum atomic E-state index is 14.2. The Morgan fingerprint density at radius 2 is 2.00 bits per heavy atom. The molecule has 0 bridgehead atoms. The van der Waals surface area contributed by atoms with E-state index in [-0.39, 0.29) is 30.5 Å². The Bertz CT molecular complexity index is 933. The molecular formula is C24H29Cl2FO5. The van der Waals surface area contributed by atoms with Gasteiger partial charge in [0.25, 0.3) is 0 Å². The molecule has 0 spiro atoms. The molecule has 176 valence electrons. The summed E-state index contributed by atoms with van der Waals surface area (Å²) in [5.74, 6) is -2.27. The predicted molar refractivity (Wildman–Crippen MR) is 118 cm³/mol. The molecule has 0 heterocycles. The van der Waals surface area contributed by atoms with Gasteiger partial charge in [-0.1, -0.05) is 19.9 Å². The van der Waals surface area contributed by atoms with Gasteiger partial charge in [-0.05, 0) is 55.2 Å². The van der Waals surface area contributed by atoms with Crippen LogP contribution in [0, 0.1) is 28.6 Å². The minimum absolute atomic E-state index is 0.181. The van der Waals surface area contributed by atoms with Crippen LogP contribution < -0.4 is 0 Å². The Balaban J connectivity index is 1.77.